The van der Waals surface area contributed by atoms with Crippen molar-refractivity contribution in [2.45, 2.75) is 47.7 Å². The van der Waals surface area contributed by atoms with Gasteiger partial charge in [-0.2, -0.15) is 13.2 Å². The van der Waals surface area contributed by atoms with Crippen molar-refractivity contribution >= 4 is 51.0 Å². The first-order valence-corrected chi connectivity index (χ1v) is 18.9. The number of benzene rings is 3. The molecule has 4 rings (SSSR count). The zero-order chi connectivity index (χ0) is 40.1. The van der Waals surface area contributed by atoms with Crippen LogP contribution in [0.2, 0.25) is 10.0 Å². The summed E-state index contributed by atoms with van der Waals surface area (Å²) in [6.07, 6.45) is -2.82. The molecule has 53 heavy (non-hydrogen) atoms. The summed E-state index contributed by atoms with van der Waals surface area (Å²) in [6.45, 7) is 5.13. The topological polar surface area (TPSA) is 105 Å². The van der Waals surface area contributed by atoms with Crippen molar-refractivity contribution in [2.75, 3.05) is 48.4 Å². The molecule has 0 aliphatic heterocycles. The van der Waals surface area contributed by atoms with Crippen LogP contribution in [-0.4, -0.2) is 87.3 Å². The fraction of sp³-hybridized carbons (Fsp3) is 0.371. The summed E-state index contributed by atoms with van der Waals surface area (Å²) in [5.74, 6) is -3.53. The number of halogens is 7. The molecular formula is C35H39Cl2F5N4O5S2. The lowest BCUT2D eigenvalue weighted by molar-refractivity contribution is -0.870. The number of hydrogen-bond donors (Lipinski definition) is 0. The third kappa shape index (κ3) is 11.3. The first-order valence-electron chi connectivity index (χ1n) is 15.7. The number of aliphatic carboxylic acids is 1. The maximum Gasteiger partial charge on any atom is 0.430 e. The number of carbonyl (C=O) groups is 1. The molecule has 0 N–H and O–H groups in total. The van der Waals surface area contributed by atoms with E-state index >= 15 is 4.39 Å². The Morgan fingerprint density at radius 3 is 2.15 bits per heavy atom. The van der Waals surface area contributed by atoms with Gasteiger partial charge in [0.2, 0.25) is 10.0 Å². The Labute approximate surface area is 319 Å². The molecule has 0 bridgehead atoms. The Hall–Kier alpha value is -3.41. The molecule has 9 nitrogen and oxygen atoms in total. The van der Waals surface area contributed by atoms with Gasteiger partial charge in [-0.05, 0) is 54.1 Å². The number of sulfonamides is 1. The van der Waals surface area contributed by atoms with Crippen molar-refractivity contribution in [2.24, 2.45) is 0 Å². The zero-order valence-corrected chi connectivity index (χ0v) is 33.0. The van der Waals surface area contributed by atoms with E-state index in [0.29, 0.717) is 39.1 Å². The molecule has 0 aliphatic carbocycles. The van der Waals surface area contributed by atoms with Crippen LogP contribution < -0.4 is 9.84 Å². The first-order chi connectivity index (χ1) is 24.4. The quantitative estimate of drug-likeness (QED) is 0.0806. The number of methoxy groups -OCH3 is 1. The van der Waals surface area contributed by atoms with Crippen LogP contribution in [0.15, 0.2) is 70.8 Å². The lowest BCUT2D eigenvalue weighted by Gasteiger charge is -2.28. The van der Waals surface area contributed by atoms with Gasteiger partial charge in [0.05, 0.1) is 56.6 Å². The van der Waals surface area contributed by atoms with Gasteiger partial charge in [-0.15, -0.1) is 0 Å². The first kappa shape index (κ1) is 44.0. The second kappa shape index (κ2) is 17.4. The van der Waals surface area contributed by atoms with E-state index in [2.05, 4.69) is 4.98 Å². The highest BCUT2D eigenvalue weighted by atomic mass is 35.5. The van der Waals surface area contributed by atoms with Gasteiger partial charge < -0.3 is 19.1 Å². The number of carboxylic acids is 1. The van der Waals surface area contributed by atoms with Crippen molar-refractivity contribution in [1.82, 2.24) is 13.9 Å². The van der Waals surface area contributed by atoms with Crippen LogP contribution >= 0.6 is 35.0 Å². The van der Waals surface area contributed by atoms with Gasteiger partial charge in [0, 0.05) is 47.5 Å². The zero-order valence-electron chi connectivity index (χ0n) is 29.9. The summed E-state index contributed by atoms with van der Waals surface area (Å²) in [5, 5.41) is 9.78. The molecule has 3 aromatic carbocycles. The normalized spacial score (nSPS) is 12.4. The van der Waals surface area contributed by atoms with Crippen molar-refractivity contribution in [3.05, 3.63) is 99.3 Å². The molecule has 0 saturated heterocycles. The van der Waals surface area contributed by atoms with Gasteiger partial charge in [0.15, 0.2) is 5.16 Å². The average Bonchev–Trinajstić information content (AvgIpc) is 3.48. The maximum atomic E-state index is 15.5. The van der Waals surface area contributed by atoms with Gasteiger partial charge in [0.25, 0.3) is 0 Å². The lowest BCUT2D eigenvalue weighted by atomic mass is 9.81. The molecule has 290 valence electrons. The smallest absolute Gasteiger partial charge is 0.430 e. The molecule has 0 aliphatic rings. The highest BCUT2D eigenvalue weighted by Gasteiger charge is 2.31. The van der Waals surface area contributed by atoms with Crippen LogP contribution in [-0.2, 0) is 26.0 Å². The molecule has 0 fully saturated rings. The van der Waals surface area contributed by atoms with E-state index in [1.807, 2.05) is 51.7 Å². The SMILES string of the molecule is COc1cc(C(C)(C)c2cnc(SCc3c(F)cc(S(=O)(=O)N(C)CCC[N+](C)(C)C)cc3Cl)n2-c2ccc(F)cc2)ccc1Cl.O=C([O-])C(F)(F)F. The molecule has 1 heterocycles. The summed E-state index contributed by atoms with van der Waals surface area (Å²) < 4.78 is 96.7. The minimum atomic E-state index is -5.19. The number of carboxylic acid groups (broad SMARTS) is 1. The number of rotatable bonds is 13. The standard InChI is InChI=1S/C33H39Cl2F2N4O3S2.C2HF3O2/c1-33(2,22-9-14-27(34)30(17-22)44-7)31-20-38-32(40(31)24-12-10-23(36)11-13-24)45-21-26-28(35)18-25(19-29(26)37)46(42,43)39(3)15-8-16-41(4,5)6;3-2(4,5)1(6)7/h9-14,17-20H,8,15-16,21H2,1-7H3;(H,6,7)/q+1;/p-1. The second-order valence-electron chi connectivity index (χ2n) is 13.3. The van der Waals surface area contributed by atoms with Crippen molar-refractivity contribution in [3.8, 4) is 11.4 Å². The van der Waals surface area contributed by atoms with E-state index in [4.69, 9.17) is 37.8 Å². The largest absolute Gasteiger partial charge is 0.542 e. The number of thioether (sulfide) groups is 1. The molecule has 0 unspecified atom stereocenters. The second-order valence-corrected chi connectivity index (χ2v) is 17.1. The Balaban J connectivity index is 0.000000980. The number of imidazole rings is 1. The number of alkyl halides is 3. The molecule has 0 atom stereocenters. The van der Waals surface area contributed by atoms with Crippen molar-refractivity contribution in [1.29, 1.82) is 0 Å². The minimum absolute atomic E-state index is 0.000431. The van der Waals surface area contributed by atoms with Crippen molar-refractivity contribution < 1.29 is 49.5 Å². The van der Waals surface area contributed by atoms with E-state index < -0.39 is 33.4 Å². The van der Waals surface area contributed by atoms with E-state index in [1.54, 1.807) is 31.5 Å². The molecular weight excluding hydrogens is 786 g/mol. The van der Waals surface area contributed by atoms with Gasteiger partial charge >= 0.3 is 6.18 Å². The molecule has 0 amide bonds. The highest BCUT2D eigenvalue weighted by Crippen LogP contribution is 2.40. The number of hydrogen-bond acceptors (Lipinski definition) is 7. The van der Waals surface area contributed by atoms with Crippen LogP contribution in [0.1, 0.15) is 37.1 Å². The average molecular weight is 826 g/mol. The third-order valence-electron chi connectivity index (χ3n) is 8.03. The van der Waals surface area contributed by atoms with Gasteiger partial charge in [-0.3, -0.25) is 4.57 Å². The van der Waals surface area contributed by atoms with E-state index in [9.17, 15) is 26.0 Å². The van der Waals surface area contributed by atoms with Crippen LogP contribution in [0.3, 0.4) is 0 Å². The van der Waals surface area contributed by atoms with Crippen LogP contribution in [0.5, 0.6) is 5.75 Å². The van der Waals surface area contributed by atoms with E-state index in [0.717, 1.165) is 23.9 Å². The Bertz CT molecular complexity index is 2000. The summed E-state index contributed by atoms with van der Waals surface area (Å²) >= 11 is 14.0. The highest BCUT2D eigenvalue weighted by molar-refractivity contribution is 7.98. The molecule has 0 spiro atoms. The van der Waals surface area contributed by atoms with Gasteiger partial charge in [-0.1, -0.05) is 54.9 Å². The summed E-state index contributed by atoms with van der Waals surface area (Å²) in [5.41, 5.74) is 1.88. The molecule has 18 heteroatoms. The summed E-state index contributed by atoms with van der Waals surface area (Å²) in [6, 6.07) is 13.9. The molecule has 4 aromatic rings. The van der Waals surface area contributed by atoms with E-state index in [1.165, 1.54) is 41.3 Å². The van der Waals surface area contributed by atoms with E-state index in [-0.39, 0.29) is 27.1 Å². The molecule has 0 radical (unpaired) electrons. The number of aromatic nitrogens is 2. The van der Waals surface area contributed by atoms with Gasteiger partial charge in [-0.25, -0.2) is 26.5 Å². The number of nitrogens with zero attached hydrogens (tertiary/aromatic N) is 4. The fourth-order valence-electron chi connectivity index (χ4n) is 4.98. The Morgan fingerprint density at radius 2 is 1.62 bits per heavy atom. The predicted octanol–water partition coefficient (Wildman–Crippen LogP) is 7.10. The summed E-state index contributed by atoms with van der Waals surface area (Å²) in [7, 11) is 5.18. The summed E-state index contributed by atoms with van der Waals surface area (Å²) in [4.78, 5) is 13.3. The predicted molar refractivity (Wildman–Crippen MR) is 193 cm³/mol. The number of carbonyl (C=O) groups excluding carboxylic acids is 1. The fourth-order valence-corrected chi connectivity index (χ4v) is 7.87. The van der Waals surface area contributed by atoms with Crippen LogP contribution in [0.4, 0.5) is 22.0 Å². The third-order valence-corrected chi connectivity index (χ3v) is 11.5. The maximum absolute atomic E-state index is 15.5. The van der Waals surface area contributed by atoms with Crippen LogP contribution in [0, 0.1) is 11.6 Å². The molecule has 0 saturated carbocycles. The number of ether oxygens (including phenoxy) is 1. The van der Waals surface area contributed by atoms with Crippen LogP contribution in [0.25, 0.3) is 5.69 Å². The Kier molecular flexibility index (Phi) is 14.4. The monoisotopic (exact) mass is 824 g/mol. The molecule has 1 aromatic heterocycles. The van der Waals surface area contributed by atoms with Crippen molar-refractivity contribution in [3.63, 3.8) is 0 Å². The minimum Gasteiger partial charge on any atom is -0.542 e. The Morgan fingerprint density at radius 1 is 1.02 bits per heavy atom. The van der Waals surface area contributed by atoms with Gasteiger partial charge in [0.1, 0.15) is 23.4 Å². The lowest BCUT2D eigenvalue weighted by Crippen LogP contribution is -2.38. The number of quaternary nitrogens is 1.